The molecule has 0 saturated heterocycles. The SMILES string of the molecule is COCCNc1cc(C(=O)NCCc2ccc(S(N)(=O)=O)cc2)nc(C)n1. The van der Waals surface area contributed by atoms with Crippen molar-refractivity contribution in [1.29, 1.82) is 0 Å². The van der Waals surface area contributed by atoms with Gasteiger partial charge in [0.05, 0.1) is 11.5 Å². The number of amides is 1. The molecular formula is C17H23N5O4S. The molecule has 1 amide bonds. The third-order valence-corrected chi connectivity index (χ3v) is 4.56. The van der Waals surface area contributed by atoms with Crippen molar-refractivity contribution in [2.75, 3.05) is 32.1 Å². The summed E-state index contributed by atoms with van der Waals surface area (Å²) >= 11 is 0. The van der Waals surface area contributed by atoms with E-state index in [4.69, 9.17) is 9.88 Å². The summed E-state index contributed by atoms with van der Waals surface area (Å²) in [5.74, 6) is 0.737. The number of nitrogens with two attached hydrogens (primary N) is 1. The number of nitrogens with one attached hydrogen (secondary N) is 2. The fourth-order valence-corrected chi connectivity index (χ4v) is 2.83. The van der Waals surface area contributed by atoms with Crippen LogP contribution >= 0.6 is 0 Å². The van der Waals surface area contributed by atoms with Gasteiger partial charge in [-0.25, -0.2) is 23.5 Å². The van der Waals surface area contributed by atoms with Crippen LogP contribution in [0.25, 0.3) is 0 Å². The number of hydrogen-bond acceptors (Lipinski definition) is 7. The summed E-state index contributed by atoms with van der Waals surface area (Å²) in [6.45, 7) is 3.19. The fourth-order valence-electron chi connectivity index (χ4n) is 2.31. The highest BCUT2D eigenvalue weighted by Gasteiger charge is 2.11. The first-order chi connectivity index (χ1) is 12.8. The molecule has 146 valence electrons. The highest BCUT2D eigenvalue weighted by molar-refractivity contribution is 7.89. The minimum Gasteiger partial charge on any atom is -0.383 e. The lowest BCUT2D eigenvalue weighted by Gasteiger charge is -2.09. The van der Waals surface area contributed by atoms with E-state index in [9.17, 15) is 13.2 Å². The Balaban J connectivity index is 1.91. The summed E-state index contributed by atoms with van der Waals surface area (Å²) in [6.07, 6.45) is 0.541. The van der Waals surface area contributed by atoms with Crippen LogP contribution in [0.4, 0.5) is 5.82 Å². The Morgan fingerprint density at radius 3 is 2.52 bits per heavy atom. The van der Waals surface area contributed by atoms with E-state index in [1.54, 1.807) is 32.2 Å². The van der Waals surface area contributed by atoms with E-state index in [0.29, 0.717) is 37.8 Å². The standard InChI is InChI=1S/C17H23N5O4S/c1-12-21-15(11-16(22-12)19-9-10-26-2)17(23)20-8-7-13-3-5-14(6-4-13)27(18,24)25/h3-6,11H,7-10H2,1-2H3,(H,20,23)(H2,18,24,25)(H,19,21,22). The minimum atomic E-state index is -3.70. The van der Waals surface area contributed by atoms with Gasteiger partial charge in [0.15, 0.2) is 0 Å². The summed E-state index contributed by atoms with van der Waals surface area (Å²) < 4.78 is 27.4. The van der Waals surface area contributed by atoms with Crippen LogP contribution in [-0.4, -0.2) is 51.1 Å². The molecule has 0 aliphatic rings. The highest BCUT2D eigenvalue weighted by Crippen LogP contribution is 2.09. The van der Waals surface area contributed by atoms with Crippen molar-refractivity contribution in [3.05, 3.63) is 47.4 Å². The number of aryl methyl sites for hydroxylation is 1. The average molecular weight is 393 g/mol. The molecule has 2 rings (SSSR count). The predicted octanol–water partition coefficient (Wildman–Crippen LogP) is 0.463. The molecule has 0 bridgehead atoms. The van der Waals surface area contributed by atoms with Gasteiger partial charge in [-0.15, -0.1) is 0 Å². The first kappa shape index (κ1) is 20.7. The fraction of sp³-hybridized carbons (Fsp3) is 0.353. The Hall–Kier alpha value is -2.56. The number of nitrogens with zero attached hydrogens (tertiary/aromatic N) is 2. The molecular weight excluding hydrogens is 370 g/mol. The number of carbonyl (C=O) groups excluding carboxylic acids is 1. The number of carbonyl (C=O) groups is 1. The quantitative estimate of drug-likeness (QED) is 0.527. The lowest BCUT2D eigenvalue weighted by atomic mass is 10.1. The third-order valence-electron chi connectivity index (χ3n) is 3.63. The summed E-state index contributed by atoms with van der Waals surface area (Å²) in [7, 11) is -2.10. The van der Waals surface area contributed by atoms with Gasteiger partial charge in [-0.05, 0) is 31.0 Å². The Bertz CT molecular complexity index is 885. The zero-order valence-corrected chi connectivity index (χ0v) is 16.0. The lowest BCUT2D eigenvalue weighted by molar-refractivity contribution is 0.0948. The van der Waals surface area contributed by atoms with E-state index in [1.165, 1.54) is 12.1 Å². The smallest absolute Gasteiger partial charge is 0.270 e. The maximum atomic E-state index is 12.3. The van der Waals surface area contributed by atoms with Crippen molar-refractivity contribution < 1.29 is 17.9 Å². The van der Waals surface area contributed by atoms with Crippen LogP contribution in [-0.2, 0) is 21.2 Å². The van der Waals surface area contributed by atoms with E-state index < -0.39 is 10.0 Å². The van der Waals surface area contributed by atoms with Crippen molar-refractivity contribution in [1.82, 2.24) is 15.3 Å². The minimum absolute atomic E-state index is 0.0558. The van der Waals surface area contributed by atoms with Crippen molar-refractivity contribution in [2.24, 2.45) is 5.14 Å². The second-order valence-corrected chi connectivity index (χ2v) is 7.36. The van der Waals surface area contributed by atoms with Gasteiger partial charge in [0.25, 0.3) is 5.91 Å². The van der Waals surface area contributed by atoms with Crippen molar-refractivity contribution >= 4 is 21.7 Å². The monoisotopic (exact) mass is 393 g/mol. The van der Waals surface area contributed by atoms with Crippen molar-refractivity contribution in [3.8, 4) is 0 Å². The molecule has 9 nitrogen and oxygen atoms in total. The second kappa shape index (κ2) is 9.40. The zero-order chi connectivity index (χ0) is 19.9. The number of sulfonamides is 1. The van der Waals surface area contributed by atoms with E-state index in [1.807, 2.05) is 0 Å². The van der Waals surface area contributed by atoms with Gasteiger partial charge in [0, 0.05) is 26.3 Å². The van der Waals surface area contributed by atoms with Gasteiger partial charge in [-0.2, -0.15) is 0 Å². The molecule has 2 aromatic rings. The van der Waals surface area contributed by atoms with Gasteiger partial charge < -0.3 is 15.4 Å². The Morgan fingerprint density at radius 2 is 1.89 bits per heavy atom. The molecule has 0 radical (unpaired) electrons. The Kier molecular flexibility index (Phi) is 7.22. The number of primary sulfonamides is 1. The second-order valence-electron chi connectivity index (χ2n) is 5.80. The number of methoxy groups -OCH3 is 1. The van der Waals surface area contributed by atoms with Crippen LogP contribution in [0.2, 0.25) is 0 Å². The number of hydrogen-bond donors (Lipinski definition) is 3. The molecule has 10 heteroatoms. The lowest BCUT2D eigenvalue weighted by Crippen LogP contribution is -2.27. The first-order valence-corrected chi connectivity index (χ1v) is 9.82. The molecule has 1 aromatic heterocycles. The Labute approximate surface area is 158 Å². The summed E-state index contributed by atoms with van der Waals surface area (Å²) in [4.78, 5) is 20.7. The number of ether oxygens (including phenoxy) is 1. The van der Waals surface area contributed by atoms with Crippen LogP contribution in [0.3, 0.4) is 0 Å². The Morgan fingerprint density at radius 1 is 1.19 bits per heavy atom. The molecule has 4 N–H and O–H groups in total. The van der Waals surface area contributed by atoms with Crippen LogP contribution in [0.5, 0.6) is 0 Å². The molecule has 0 atom stereocenters. The number of anilines is 1. The molecule has 1 heterocycles. The zero-order valence-electron chi connectivity index (χ0n) is 15.2. The molecule has 0 saturated carbocycles. The van der Waals surface area contributed by atoms with Crippen molar-refractivity contribution in [2.45, 2.75) is 18.2 Å². The molecule has 27 heavy (non-hydrogen) atoms. The number of rotatable bonds is 9. The molecule has 0 spiro atoms. The third kappa shape index (κ3) is 6.59. The van der Waals surface area contributed by atoms with Crippen LogP contribution in [0, 0.1) is 6.92 Å². The highest BCUT2D eigenvalue weighted by atomic mass is 32.2. The van der Waals surface area contributed by atoms with Crippen LogP contribution < -0.4 is 15.8 Å². The normalized spacial score (nSPS) is 11.2. The predicted molar refractivity (Wildman–Crippen MR) is 101 cm³/mol. The van der Waals surface area contributed by atoms with Crippen molar-refractivity contribution in [3.63, 3.8) is 0 Å². The van der Waals surface area contributed by atoms with E-state index in [0.717, 1.165) is 5.56 Å². The summed E-state index contributed by atoms with van der Waals surface area (Å²) in [6, 6.07) is 7.80. The molecule has 0 unspecified atom stereocenters. The maximum Gasteiger partial charge on any atom is 0.270 e. The van der Waals surface area contributed by atoms with E-state index in [2.05, 4.69) is 20.6 Å². The van der Waals surface area contributed by atoms with Gasteiger partial charge in [-0.1, -0.05) is 12.1 Å². The molecule has 1 aromatic carbocycles. The van der Waals surface area contributed by atoms with E-state index in [-0.39, 0.29) is 16.5 Å². The summed E-state index contributed by atoms with van der Waals surface area (Å²) in [5, 5.41) is 10.9. The van der Waals surface area contributed by atoms with Gasteiger partial charge in [0.2, 0.25) is 10.0 Å². The molecule has 0 aliphatic heterocycles. The van der Waals surface area contributed by atoms with Crippen LogP contribution in [0.1, 0.15) is 21.9 Å². The maximum absolute atomic E-state index is 12.3. The molecule has 0 fully saturated rings. The van der Waals surface area contributed by atoms with Gasteiger partial charge >= 0.3 is 0 Å². The number of aromatic nitrogens is 2. The van der Waals surface area contributed by atoms with Gasteiger partial charge in [0.1, 0.15) is 17.3 Å². The topological polar surface area (TPSA) is 136 Å². The van der Waals surface area contributed by atoms with Crippen LogP contribution in [0.15, 0.2) is 35.2 Å². The first-order valence-electron chi connectivity index (χ1n) is 8.28. The average Bonchev–Trinajstić information content (AvgIpc) is 2.61. The largest absolute Gasteiger partial charge is 0.383 e. The van der Waals surface area contributed by atoms with Gasteiger partial charge in [-0.3, -0.25) is 4.79 Å². The molecule has 0 aliphatic carbocycles. The van der Waals surface area contributed by atoms with E-state index >= 15 is 0 Å². The summed E-state index contributed by atoms with van der Waals surface area (Å²) in [5.41, 5.74) is 1.15. The number of benzene rings is 1.